The molecule has 1 heterocycles. The highest BCUT2D eigenvalue weighted by Crippen LogP contribution is 2.36. The second-order valence-corrected chi connectivity index (χ2v) is 6.29. The quantitative estimate of drug-likeness (QED) is 0.546. The Balaban J connectivity index is 2.34. The molecule has 1 aromatic carbocycles. The van der Waals surface area contributed by atoms with Crippen LogP contribution in [-0.4, -0.2) is 27.7 Å². The SMILES string of the molecule is COc1ccc(NC(=O)C(C)n2nc(C(F)(F)F)c(Br)c2C)c([N+](=O)[O-])c1. The average molecular weight is 451 g/mol. The summed E-state index contributed by atoms with van der Waals surface area (Å²) in [6.07, 6.45) is -4.69. The third kappa shape index (κ3) is 4.21. The first-order chi connectivity index (χ1) is 12.5. The van der Waals surface area contributed by atoms with Crippen LogP contribution in [-0.2, 0) is 11.0 Å². The Morgan fingerprint density at radius 1 is 1.44 bits per heavy atom. The van der Waals surface area contributed by atoms with Gasteiger partial charge < -0.3 is 10.1 Å². The number of anilines is 1. The Bertz CT molecular complexity index is 898. The molecule has 1 unspecified atom stereocenters. The summed E-state index contributed by atoms with van der Waals surface area (Å²) in [5.41, 5.74) is -1.59. The molecule has 2 rings (SSSR count). The van der Waals surface area contributed by atoms with Crippen molar-refractivity contribution >= 4 is 33.2 Å². The number of halogens is 4. The molecule has 0 fully saturated rings. The lowest BCUT2D eigenvalue weighted by Gasteiger charge is -2.15. The Labute approximate surface area is 159 Å². The topological polar surface area (TPSA) is 99.3 Å². The van der Waals surface area contributed by atoms with Crippen molar-refractivity contribution in [1.29, 1.82) is 0 Å². The molecule has 0 aliphatic rings. The largest absolute Gasteiger partial charge is 0.496 e. The number of aromatic nitrogens is 2. The predicted molar refractivity (Wildman–Crippen MR) is 92.7 cm³/mol. The van der Waals surface area contributed by atoms with Gasteiger partial charge in [-0.25, -0.2) is 0 Å². The van der Waals surface area contributed by atoms with Gasteiger partial charge >= 0.3 is 6.18 Å². The highest BCUT2D eigenvalue weighted by Gasteiger charge is 2.39. The van der Waals surface area contributed by atoms with Gasteiger partial charge in [0, 0.05) is 0 Å². The first-order valence-corrected chi connectivity index (χ1v) is 8.21. The van der Waals surface area contributed by atoms with Crippen molar-refractivity contribution < 1.29 is 27.6 Å². The van der Waals surface area contributed by atoms with E-state index in [9.17, 15) is 28.1 Å². The maximum absolute atomic E-state index is 13.0. The number of hydrogen-bond donors (Lipinski definition) is 1. The number of carbonyl (C=O) groups is 1. The van der Waals surface area contributed by atoms with Gasteiger partial charge in [-0.3, -0.25) is 19.6 Å². The molecule has 1 atom stereocenters. The van der Waals surface area contributed by atoms with Gasteiger partial charge in [-0.15, -0.1) is 0 Å². The normalized spacial score (nSPS) is 12.6. The van der Waals surface area contributed by atoms with Gasteiger partial charge in [0.25, 0.3) is 5.69 Å². The summed E-state index contributed by atoms with van der Waals surface area (Å²) in [6, 6.07) is 2.65. The molecule has 2 aromatic rings. The van der Waals surface area contributed by atoms with Crippen LogP contribution in [0.4, 0.5) is 24.5 Å². The smallest absolute Gasteiger partial charge is 0.436 e. The lowest BCUT2D eigenvalue weighted by molar-refractivity contribution is -0.384. The molecule has 0 saturated heterocycles. The van der Waals surface area contributed by atoms with E-state index in [2.05, 4.69) is 26.3 Å². The van der Waals surface area contributed by atoms with Gasteiger partial charge in [0.05, 0.1) is 28.3 Å². The molecule has 0 aliphatic carbocycles. The summed E-state index contributed by atoms with van der Waals surface area (Å²) in [4.78, 5) is 22.9. The van der Waals surface area contributed by atoms with Crippen LogP contribution in [0.5, 0.6) is 5.75 Å². The molecule has 1 amide bonds. The Morgan fingerprint density at radius 3 is 2.56 bits per heavy atom. The van der Waals surface area contributed by atoms with E-state index in [1.807, 2.05) is 0 Å². The van der Waals surface area contributed by atoms with Gasteiger partial charge in [-0.1, -0.05) is 0 Å². The van der Waals surface area contributed by atoms with Crippen molar-refractivity contribution in [3.63, 3.8) is 0 Å². The van der Waals surface area contributed by atoms with Gasteiger partial charge in [0.2, 0.25) is 5.91 Å². The first-order valence-electron chi connectivity index (χ1n) is 7.42. The van der Waals surface area contributed by atoms with Crippen molar-refractivity contribution in [2.24, 2.45) is 0 Å². The van der Waals surface area contributed by atoms with E-state index in [0.29, 0.717) is 0 Å². The molecule has 1 N–H and O–H groups in total. The zero-order valence-corrected chi connectivity index (χ0v) is 15.9. The molecule has 8 nitrogen and oxygen atoms in total. The van der Waals surface area contributed by atoms with E-state index in [4.69, 9.17) is 4.74 Å². The number of carbonyl (C=O) groups excluding carboxylic acids is 1. The first kappa shape index (κ1) is 20.7. The molecule has 0 spiro atoms. The number of nitrogens with zero attached hydrogens (tertiary/aromatic N) is 3. The number of nitro groups is 1. The van der Waals surface area contributed by atoms with Gasteiger partial charge in [-0.2, -0.15) is 18.3 Å². The van der Waals surface area contributed by atoms with E-state index in [1.54, 1.807) is 0 Å². The number of benzene rings is 1. The maximum atomic E-state index is 13.0. The molecule has 146 valence electrons. The van der Waals surface area contributed by atoms with Crippen LogP contribution in [0.15, 0.2) is 22.7 Å². The van der Waals surface area contributed by atoms with Crippen molar-refractivity contribution in [1.82, 2.24) is 9.78 Å². The minimum Gasteiger partial charge on any atom is -0.496 e. The third-order valence-electron chi connectivity index (χ3n) is 3.75. The Kier molecular flexibility index (Phi) is 5.78. The van der Waals surface area contributed by atoms with Crippen molar-refractivity contribution in [3.8, 4) is 5.75 Å². The summed E-state index contributed by atoms with van der Waals surface area (Å²) >= 11 is 2.83. The molecular weight excluding hydrogens is 437 g/mol. The molecule has 1 aromatic heterocycles. The zero-order chi connectivity index (χ0) is 20.5. The van der Waals surface area contributed by atoms with Crippen molar-refractivity contribution in [2.75, 3.05) is 12.4 Å². The minimum absolute atomic E-state index is 0.0919. The van der Waals surface area contributed by atoms with Crippen LogP contribution < -0.4 is 10.1 Å². The Hall–Kier alpha value is -2.63. The van der Waals surface area contributed by atoms with Crippen LogP contribution in [0.25, 0.3) is 0 Å². The van der Waals surface area contributed by atoms with Crippen molar-refractivity contribution in [2.45, 2.75) is 26.1 Å². The predicted octanol–water partition coefficient (Wildman–Crippen LogP) is 4.09. The zero-order valence-electron chi connectivity index (χ0n) is 14.3. The summed E-state index contributed by atoms with van der Waals surface area (Å²) in [5, 5.41) is 17.0. The van der Waals surface area contributed by atoms with Crippen LogP contribution >= 0.6 is 15.9 Å². The van der Waals surface area contributed by atoms with Crippen LogP contribution in [0.2, 0.25) is 0 Å². The molecule has 0 aliphatic heterocycles. The highest BCUT2D eigenvalue weighted by atomic mass is 79.9. The molecule has 0 saturated carbocycles. The minimum atomic E-state index is -4.69. The maximum Gasteiger partial charge on any atom is 0.436 e. The number of methoxy groups -OCH3 is 1. The Morgan fingerprint density at radius 2 is 2.07 bits per heavy atom. The number of rotatable bonds is 5. The van der Waals surface area contributed by atoms with Gasteiger partial charge in [-0.05, 0) is 41.9 Å². The lowest BCUT2D eigenvalue weighted by Crippen LogP contribution is -2.26. The fourth-order valence-electron chi connectivity index (χ4n) is 2.30. The molecule has 0 bridgehead atoms. The number of nitro benzene ring substituents is 1. The summed E-state index contributed by atoms with van der Waals surface area (Å²) < 4.78 is 44.4. The number of nitrogens with one attached hydrogen (secondary N) is 1. The number of ether oxygens (including phenoxy) is 1. The molecule has 27 heavy (non-hydrogen) atoms. The average Bonchev–Trinajstić information content (AvgIpc) is 2.89. The van der Waals surface area contributed by atoms with Crippen LogP contribution in [0.3, 0.4) is 0 Å². The van der Waals surface area contributed by atoms with E-state index in [0.717, 1.165) is 10.7 Å². The second kappa shape index (κ2) is 7.55. The lowest BCUT2D eigenvalue weighted by atomic mass is 10.2. The van der Waals surface area contributed by atoms with E-state index >= 15 is 0 Å². The fourth-order valence-corrected chi connectivity index (χ4v) is 2.79. The van der Waals surface area contributed by atoms with E-state index in [1.165, 1.54) is 33.1 Å². The summed E-state index contributed by atoms with van der Waals surface area (Å²) in [5.74, 6) is -0.551. The number of amides is 1. The van der Waals surface area contributed by atoms with Crippen molar-refractivity contribution in [3.05, 3.63) is 44.2 Å². The molecule has 0 radical (unpaired) electrons. The summed E-state index contributed by atoms with van der Waals surface area (Å²) in [6.45, 7) is 2.70. The van der Waals surface area contributed by atoms with Crippen LogP contribution in [0, 0.1) is 17.0 Å². The molecule has 12 heteroatoms. The summed E-state index contributed by atoms with van der Waals surface area (Å²) in [7, 11) is 1.33. The van der Waals surface area contributed by atoms with E-state index < -0.39 is 34.4 Å². The number of hydrogen-bond acceptors (Lipinski definition) is 5. The van der Waals surface area contributed by atoms with Gasteiger partial charge in [0.1, 0.15) is 17.5 Å². The second-order valence-electron chi connectivity index (χ2n) is 5.50. The van der Waals surface area contributed by atoms with E-state index in [-0.39, 0.29) is 21.6 Å². The molecular formula is C15H14BrF3N4O4. The monoisotopic (exact) mass is 450 g/mol. The van der Waals surface area contributed by atoms with Crippen LogP contribution in [0.1, 0.15) is 24.4 Å². The standard InChI is InChI=1S/C15H14BrF3N4O4/c1-7-12(16)13(15(17,18)19)21-22(7)8(2)14(24)20-10-5-4-9(27-3)6-11(10)23(25)26/h4-6,8H,1-3H3,(H,20,24). The fraction of sp³-hybridized carbons (Fsp3) is 0.333. The number of alkyl halides is 3. The van der Waals surface area contributed by atoms with Gasteiger partial charge in [0.15, 0.2) is 5.69 Å². The third-order valence-corrected chi connectivity index (χ3v) is 4.70. The highest BCUT2D eigenvalue weighted by molar-refractivity contribution is 9.10.